The Hall–Kier alpha value is -0.770. The fraction of sp³-hybridized carbons (Fsp3) is 0.818. The van der Waals surface area contributed by atoms with Gasteiger partial charge >= 0.3 is 6.09 Å². The molecule has 1 saturated heterocycles. The van der Waals surface area contributed by atoms with Gasteiger partial charge in [-0.25, -0.2) is 4.79 Å². The highest BCUT2D eigenvalue weighted by Gasteiger charge is 2.30. The van der Waals surface area contributed by atoms with Crippen molar-refractivity contribution < 1.29 is 14.4 Å². The Balaban J connectivity index is 2.53. The van der Waals surface area contributed by atoms with Gasteiger partial charge < -0.3 is 9.64 Å². The van der Waals surface area contributed by atoms with E-state index in [-0.39, 0.29) is 12.1 Å². The second-order valence-electron chi connectivity index (χ2n) is 5.23. The van der Waals surface area contributed by atoms with Crippen molar-refractivity contribution in [2.24, 2.45) is 0 Å². The molecule has 1 rings (SSSR count). The Morgan fingerprint density at radius 1 is 1.53 bits per heavy atom. The van der Waals surface area contributed by atoms with Crippen molar-refractivity contribution >= 4 is 6.09 Å². The third-order valence-corrected chi connectivity index (χ3v) is 2.45. The maximum atomic E-state index is 11.8. The van der Waals surface area contributed by atoms with Crippen LogP contribution in [0, 0.1) is 7.05 Å². The predicted octanol–water partition coefficient (Wildman–Crippen LogP) is 0.302. The monoisotopic (exact) mass is 214 g/mol. The summed E-state index contributed by atoms with van der Waals surface area (Å²) in [7, 11) is 3.95. The average Bonchev–Trinajstić information content (AvgIpc) is 1.99. The molecule has 2 unspecified atom stereocenters. The first-order valence-electron chi connectivity index (χ1n) is 5.46. The van der Waals surface area contributed by atoms with Crippen LogP contribution in [0.4, 0.5) is 4.79 Å². The van der Waals surface area contributed by atoms with Crippen LogP contribution in [0.15, 0.2) is 0 Å². The standard InChI is InChI=1S/C11H22N2O2/c1-9-8-12(5)6-7-13(9)10(14)15-11(2,3)4/h9,12H,5-8H2,1-4H3. The summed E-state index contributed by atoms with van der Waals surface area (Å²) in [6.45, 7) is 10.2. The highest BCUT2D eigenvalue weighted by atomic mass is 16.6. The molecule has 0 spiro atoms. The molecule has 0 bridgehead atoms. The molecule has 0 radical (unpaired) electrons. The van der Waals surface area contributed by atoms with E-state index in [1.54, 1.807) is 4.90 Å². The fourth-order valence-corrected chi connectivity index (χ4v) is 1.72. The number of rotatable bonds is 0. The minimum Gasteiger partial charge on any atom is -0.465 e. The molecular formula is C11H22N2O2. The van der Waals surface area contributed by atoms with Crippen LogP contribution in [0.5, 0.6) is 0 Å². The Labute approximate surface area is 92.2 Å². The second kappa shape index (κ2) is 4.39. The van der Waals surface area contributed by atoms with E-state index in [0.29, 0.717) is 0 Å². The lowest BCUT2D eigenvalue weighted by molar-refractivity contribution is -0.861. The minimum absolute atomic E-state index is 0.206. The molecule has 1 N–H and O–H groups in total. The van der Waals surface area contributed by atoms with Crippen LogP contribution in [0.3, 0.4) is 0 Å². The van der Waals surface area contributed by atoms with Crippen LogP contribution >= 0.6 is 0 Å². The fourth-order valence-electron chi connectivity index (χ4n) is 1.72. The van der Waals surface area contributed by atoms with E-state index in [1.807, 2.05) is 27.7 Å². The lowest BCUT2D eigenvalue weighted by Gasteiger charge is -2.39. The lowest BCUT2D eigenvalue weighted by atomic mass is 10.2. The number of nitrogens with one attached hydrogen (secondary N) is 1. The third-order valence-electron chi connectivity index (χ3n) is 2.45. The zero-order valence-electron chi connectivity index (χ0n) is 10.2. The molecule has 1 aliphatic rings. The highest BCUT2D eigenvalue weighted by Crippen LogP contribution is 2.11. The van der Waals surface area contributed by atoms with Gasteiger partial charge in [0.25, 0.3) is 0 Å². The molecular weight excluding hydrogens is 192 g/mol. The quantitative estimate of drug-likeness (QED) is 0.589. The Kier molecular flexibility index (Phi) is 3.60. The van der Waals surface area contributed by atoms with E-state index in [9.17, 15) is 4.79 Å². The van der Waals surface area contributed by atoms with Gasteiger partial charge in [0.15, 0.2) is 0 Å². The maximum absolute atomic E-state index is 11.8. The van der Waals surface area contributed by atoms with E-state index >= 15 is 0 Å². The first-order valence-corrected chi connectivity index (χ1v) is 5.46. The average molecular weight is 214 g/mol. The minimum atomic E-state index is -0.411. The molecule has 0 saturated carbocycles. The van der Waals surface area contributed by atoms with E-state index in [0.717, 1.165) is 19.6 Å². The van der Waals surface area contributed by atoms with Gasteiger partial charge in [0, 0.05) is 0 Å². The summed E-state index contributed by atoms with van der Waals surface area (Å²) in [5.41, 5.74) is -0.411. The zero-order chi connectivity index (χ0) is 11.6. The Bertz CT molecular complexity index is 235. The SMILES string of the molecule is [CH2-][NH+]1CCN(C(=O)OC(C)(C)C)C(C)C1. The van der Waals surface area contributed by atoms with Crippen LogP contribution in [-0.2, 0) is 4.74 Å². The first kappa shape index (κ1) is 12.3. The van der Waals surface area contributed by atoms with Crippen molar-refractivity contribution in [1.29, 1.82) is 0 Å². The van der Waals surface area contributed by atoms with Gasteiger partial charge in [0.05, 0.1) is 25.7 Å². The third kappa shape index (κ3) is 3.70. The van der Waals surface area contributed by atoms with Crippen molar-refractivity contribution in [2.45, 2.75) is 39.3 Å². The van der Waals surface area contributed by atoms with Crippen LogP contribution in [-0.4, -0.2) is 42.3 Å². The Morgan fingerprint density at radius 3 is 2.60 bits per heavy atom. The molecule has 1 aliphatic heterocycles. The Morgan fingerprint density at radius 2 is 2.13 bits per heavy atom. The molecule has 0 aromatic rings. The lowest BCUT2D eigenvalue weighted by Crippen LogP contribution is -3.11. The van der Waals surface area contributed by atoms with E-state index in [4.69, 9.17) is 4.74 Å². The highest BCUT2D eigenvalue weighted by molar-refractivity contribution is 5.68. The summed E-state index contributed by atoms with van der Waals surface area (Å²) in [4.78, 5) is 14.8. The summed E-state index contributed by atoms with van der Waals surface area (Å²) in [6.07, 6.45) is -0.206. The van der Waals surface area contributed by atoms with Gasteiger partial charge in [-0.2, -0.15) is 7.05 Å². The molecule has 1 fully saturated rings. The van der Waals surface area contributed by atoms with Crippen molar-refractivity contribution in [3.63, 3.8) is 0 Å². The largest absolute Gasteiger partial charge is 0.465 e. The van der Waals surface area contributed by atoms with Crippen LogP contribution < -0.4 is 4.90 Å². The van der Waals surface area contributed by atoms with Crippen molar-refractivity contribution in [2.75, 3.05) is 19.6 Å². The zero-order valence-corrected chi connectivity index (χ0v) is 10.2. The van der Waals surface area contributed by atoms with Gasteiger partial charge in [-0.3, -0.25) is 4.90 Å². The van der Waals surface area contributed by atoms with E-state index in [2.05, 4.69) is 7.05 Å². The number of carbonyl (C=O) groups is 1. The van der Waals surface area contributed by atoms with Gasteiger partial charge in [-0.15, -0.1) is 0 Å². The number of piperazine rings is 1. The summed E-state index contributed by atoms with van der Waals surface area (Å²) in [5.74, 6) is 0. The summed E-state index contributed by atoms with van der Waals surface area (Å²) in [6, 6.07) is 0.209. The van der Waals surface area contributed by atoms with Gasteiger partial charge in [0.2, 0.25) is 0 Å². The number of amides is 1. The second-order valence-corrected chi connectivity index (χ2v) is 5.23. The number of nitrogens with zero attached hydrogens (tertiary/aromatic N) is 1. The van der Waals surface area contributed by atoms with Gasteiger partial charge in [-0.05, 0) is 27.7 Å². The number of hydrogen-bond donors (Lipinski definition) is 1. The van der Waals surface area contributed by atoms with E-state index in [1.165, 1.54) is 4.90 Å². The van der Waals surface area contributed by atoms with Gasteiger partial charge in [-0.1, -0.05) is 0 Å². The molecule has 4 nitrogen and oxygen atoms in total. The molecule has 0 aliphatic carbocycles. The van der Waals surface area contributed by atoms with Crippen LogP contribution in [0.2, 0.25) is 0 Å². The molecule has 1 heterocycles. The van der Waals surface area contributed by atoms with Crippen molar-refractivity contribution in [3.05, 3.63) is 7.05 Å². The van der Waals surface area contributed by atoms with E-state index < -0.39 is 5.60 Å². The number of quaternary nitrogens is 1. The number of carbonyl (C=O) groups excluding carboxylic acids is 1. The maximum Gasteiger partial charge on any atom is 0.410 e. The predicted molar refractivity (Wildman–Crippen MR) is 58.5 cm³/mol. The molecule has 4 heteroatoms. The first-order chi connectivity index (χ1) is 6.79. The topological polar surface area (TPSA) is 34.0 Å². The van der Waals surface area contributed by atoms with Crippen LogP contribution in [0.1, 0.15) is 27.7 Å². The summed E-state index contributed by atoms with van der Waals surface area (Å²) < 4.78 is 5.34. The normalized spacial score (nSPS) is 27.7. The molecule has 88 valence electrons. The molecule has 0 aromatic heterocycles. The molecule has 15 heavy (non-hydrogen) atoms. The number of ether oxygens (including phenoxy) is 1. The molecule has 1 amide bonds. The van der Waals surface area contributed by atoms with Crippen molar-refractivity contribution in [1.82, 2.24) is 4.90 Å². The molecule has 0 aromatic carbocycles. The summed E-state index contributed by atoms with van der Waals surface area (Å²) in [5, 5.41) is 0. The molecule has 2 atom stereocenters. The summed E-state index contributed by atoms with van der Waals surface area (Å²) >= 11 is 0. The van der Waals surface area contributed by atoms with Gasteiger partial charge in [0.1, 0.15) is 5.60 Å². The van der Waals surface area contributed by atoms with Crippen molar-refractivity contribution in [3.8, 4) is 0 Å². The number of hydrogen-bond acceptors (Lipinski definition) is 2. The van der Waals surface area contributed by atoms with Crippen LogP contribution in [0.25, 0.3) is 0 Å². The smallest absolute Gasteiger partial charge is 0.410 e.